The van der Waals surface area contributed by atoms with Crippen LogP contribution in [-0.4, -0.2) is 50.7 Å². The summed E-state index contributed by atoms with van der Waals surface area (Å²) in [4.78, 5) is 14.6. The van der Waals surface area contributed by atoms with Gasteiger partial charge in [0.05, 0.1) is 16.6 Å². The summed E-state index contributed by atoms with van der Waals surface area (Å²) >= 11 is 5.44. The predicted molar refractivity (Wildman–Crippen MR) is 133 cm³/mol. The second-order valence-electron chi connectivity index (χ2n) is 7.66. The molecule has 0 unspecified atom stereocenters. The zero-order valence-corrected chi connectivity index (χ0v) is 19.7. The van der Waals surface area contributed by atoms with Gasteiger partial charge in [0.1, 0.15) is 24.5 Å². The number of imidazole rings is 1. The van der Waals surface area contributed by atoms with Crippen LogP contribution in [0.15, 0.2) is 42.7 Å². The van der Waals surface area contributed by atoms with Crippen molar-refractivity contribution in [1.82, 2.24) is 24.4 Å². The monoisotopic (exact) mass is 450 g/mol. The highest BCUT2D eigenvalue weighted by Crippen LogP contribution is 2.26. The highest BCUT2D eigenvalue weighted by molar-refractivity contribution is 7.71. The maximum atomic E-state index is 5.88. The van der Waals surface area contributed by atoms with Crippen LogP contribution in [0.3, 0.4) is 0 Å². The number of likely N-dealkylation sites (N-methyl/N-ethyl adjacent to an activating group) is 1. The fraction of sp³-hybridized carbons (Fsp3) is 0.375. The summed E-state index contributed by atoms with van der Waals surface area (Å²) in [5, 5.41) is 4.42. The minimum absolute atomic E-state index is 0.663. The van der Waals surface area contributed by atoms with E-state index in [-0.39, 0.29) is 0 Å². The zero-order chi connectivity index (χ0) is 22.5. The molecule has 168 valence electrons. The highest BCUT2D eigenvalue weighted by Gasteiger charge is 2.10. The lowest BCUT2D eigenvalue weighted by Crippen LogP contribution is -2.27. The molecule has 4 aromatic rings. The Balaban J connectivity index is 1.45. The third kappa shape index (κ3) is 4.76. The van der Waals surface area contributed by atoms with Gasteiger partial charge in [0.15, 0.2) is 4.77 Å². The number of ether oxygens (including phenoxy) is 1. The summed E-state index contributed by atoms with van der Waals surface area (Å²) in [5.74, 6) is 1.70. The van der Waals surface area contributed by atoms with Crippen LogP contribution in [0.5, 0.6) is 5.75 Å². The molecule has 7 nitrogen and oxygen atoms in total. The summed E-state index contributed by atoms with van der Waals surface area (Å²) in [6.45, 7) is 11.6. The molecular formula is C24H30N6OS. The van der Waals surface area contributed by atoms with Crippen LogP contribution in [0.2, 0.25) is 0 Å². The Morgan fingerprint density at radius 1 is 1.09 bits per heavy atom. The van der Waals surface area contributed by atoms with Crippen molar-refractivity contribution in [2.24, 2.45) is 0 Å². The first-order valence-electron chi connectivity index (χ1n) is 11.2. The summed E-state index contributed by atoms with van der Waals surface area (Å²) in [7, 11) is 0. The number of anilines is 1. The molecule has 2 heterocycles. The van der Waals surface area contributed by atoms with Gasteiger partial charge >= 0.3 is 0 Å². The molecule has 0 aliphatic carbocycles. The van der Waals surface area contributed by atoms with Crippen molar-refractivity contribution in [2.75, 3.05) is 31.6 Å². The van der Waals surface area contributed by atoms with Gasteiger partial charge in [-0.25, -0.2) is 9.97 Å². The average molecular weight is 451 g/mol. The van der Waals surface area contributed by atoms with E-state index in [1.165, 1.54) is 0 Å². The maximum absolute atomic E-state index is 5.88. The molecule has 0 radical (unpaired) electrons. The van der Waals surface area contributed by atoms with Gasteiger partial charge in [0.2, 0.25) is 0 Å². The van der Waals surface area contributed by atoms with Crippen LogP contribution in [0.25, 0.3) is 21.9 Å². The molecule has 4 rings (SSSR count). The maximum Gasteiger partial charge on any atom is 0.178 e. The standard InChI is InChI=1S/C24H30N6OS/c1-4-29(5-2)11-12-31-18-9-7-17(8-10-18)15-25-23-19-13-21-22(14-20(19)26-16-27-23)30(6-3)24(32)28-21/h7-10,13-14,16H,4-6,11-12,15H2,1-3H3,(H,28,32)(H,25,26,27). The van der Waals surface area contributed by atoms with Crippen molar-refractivity contribution in [3.05, 3.63) is 53.1 Å². The third-order valence-electron chi connectivity index (χ3n) is 5.80. The molecule has 0 aliphatic heterocycles. The first-order valence-corrected chi connectivity index (χ1v) is 11.6. The fourth-order valence-corrected chi connectivity index (χ4v) is 4.22. The van der Waals surface area contributed by atoms with Crippen molar-refractivity contribution in [3.8, 4) is 5.75 Å². The van der Waals surface area contributed by atoms with Crippen molar-refractivity contribution >= 4 is 40.0 Å². The minimum atomic E-state index is 0.663. The number of nitrogens with zero attached hydrogens (tertiary/aromatic N) is 4. The largest absolute Gasteiger partial charge is 0.492 e. The van der Waals surface area contributed by atoms with Crippen LogP contribution < -0.4 is 10.1 Å². The van der Waals surface area contributed by atoms with Crippen LogP contribution >= 0.6 is 12.2 Å². The normalized spacial score (nSPS) is 11.5. The molecule has 0 amide bonds. The minimum Gasteiger partial charge on any atom is -0.492 e. The zero-order valence-electron chi connectivity index (χ0n) is 18.9. The predicted octanol–water partition coefficient (Wildman–Crippen LogP) is 4.99. The molecule has 0 saturated heterocycles. The fourth-order valence-electron chi connectivity index (χ4n) is 3.88. The van der Waals surface area contributed by atoms with Gasteiger partial charge in [0.25, 0.3) is 0 Å². The average Bonchev–Trinajstić information content (AvgIpc) is 3.13. The van der Waals surface area contributed by atoms with Gasteiger partial charge in [-0.2, -0.15) is 0 Å². The van der Waals surface area contributed by atoms with Gasteiger partial charge < -0.3 is 24.5 Å². The third-order valence-corrected chi connectivity index (χ3v) is 6.12. The Hall–Kier alpha value is -2.97. The molecule has 0 atom stereocenters. The smallest absolute Gasteiger partial charge is 0.178 e. The lowest BCUT2D eigenvalue weighted by atomic mass is 10.2. The molecule has 0 bridgehead atoms. The SMILES string of the molecule is CCN(CC)CCOc1ccc(CNc2ncnc3cc4c(cc23)[nH]c(=S)n4CC)cc1. The van der Waals surface area contributed by atoms with E-state index in [0.717, 1.165) is 70.0 Å². The van der Waals surface area contributed by atoms with E-state index in [2.05, 4.69) is 74.8 Å². The van der Waals surface area contributed by atoms with Gasteiger partial charge in [-0.05, 0) is 62.1 Å². The molecule has 0 aliphatic rings. The topological polar surface area (TPSA) is 71.0 Å². The van der Waals surface area contributed by atoms with Crippen LogP contribution in [0.4, 0.5) is 5.82 Å². The molecule has 2 N–H and O–H groups in total. The number of nitrogens with one attached hydrogen (secondary N) is 2. The Labute approximate surface area is 193 Å². The number of rotatable bonds is 10. The van der Waals surface area contributed by atoms with Gasteiger partial charge in [0, 0.05) is 25.0 Å². The molecule has 32 heavy (non-hydrogen) atoms. The number of benzene rings is 2. The molecule has 2 aromatic carbocycles. The summed E-state index contributed by atoms with van der Waals surface area (Å²) in [6.07, 6.45) is 1.60. The Morgan fingerprint density at radius 3 is 2.59 bits per heavy atom. The van der Waals surface area contributed by atoms with Gasteiger partial charge in [-0.3, -0.25) is 0 Å². The number of aromatic amines is 1. The second kappa shape index (κ2) is 10.1. The number of hydrogen-bond acceptors (Lipinski definition) is 6. The quantitative estimate of drug-likeness (QED) is 0.332. The molecule has 0 spiro atoms. The van der Waals surface area contributed by atoms with E-state index in [4.69, 9.17) is 17.0 Å². The van der Waals surface area contributed by atoms with Crippen molar-refractivity contribution < 1.29 is 4.74 Å². The van der Waals surface area contributed by atoms with E-state index < -0.39 is 0 Å². The number of H-pyrrole nitrogens is 1. The van der Waals surface area contributed by atoms with Crippen molar-refractivity contribution in [1.29, 1.82) is 0 Å². The van der Waals surface area contributed by atoms with Crippen LogP contribution in [-0.2, 0) is 13.1 Å². The first kappa shape index (κ1) is 22.2. The second-order valence-corrected chi connectivity index (χ2v) is 8.04. The van der Waals surface area contributed by atoms with Crippen molar-refractivity contribution in [2.45, 2.75) is 33.9 Å². The summed E-state index contributed by atoms with van der Waals surface area (Å²) in [6, 6.07) is 12.3. The van der Waals surface area contributed by atoms with Crippen LogP contribution in [0.1, 0.15) is 26.3 Å². The van der Waals surface area contributed by atoms with E-state index in [1.54, 1.807) is 6.33 Å². The van der Waals surface area contributed by atoms with Gasteiger partial charge in [-0.15, -0.1) is 0 Å². The van der Waals surface area contributed by atoms with Gasteiger partial charge in [-0.1, -0.05) is 26.0 Å². The Bertz CT molecular complexity index is 1240. The summed E-state index contributed by atoms with van der Waals surface area (Å²) in [5.41, 5.74) is 4.10. The molecule has 0 saturated carbocycles. The van der Waals surface area contributed by atoms with Crippen LogP contribution in [0, 0.1) is 4.77 Å². The lowest BCUT2D eigenvalue weighted by molar-refractivity contribution is 0.223. The van der Waals surface area contributed by atoms with E-state index in [0.29, 0.717) is 13.2 Å². The molecule has 8 heteroatoms. The van der Waals surface area contributed by atoms with Crippen molar-refractivity contribution in [3.63, 3.8) is 0 Å². The highest BCUT2D eigenvalue weighted by atomic mass is 32.1. The molecule has 0 fully saturated rings. The van der Waals surface area contributed by atoms with E-state index in [9.17, 15) is 0 Å². The molecule has 2 aromatic heterocycles. The number of aryl methyl sites for hydroxylation is 1. The van der Waals surface area contributed by atoms with E-state index >= 15 is 0 Å². The lowest BCUT2D eigenvalue weighted by Gasteiger charge is -2.18. The van der Waals surface area contributed by atoms with E-state index in [1.807, 2.05) is 12.1 Å². The Morgan fingerprint density at radius 2 is 1.88 bits per heavy atom. The number of hydrogen-bond donors (Lipinski definition) is 2. The Kier molecular flexibility index (Phi) is 7.02. The number of aromatic nitrogens is 4. The summed E-state index contributed by atoms with van der Waals surface area (Å²) < 4.78 is 8.68. The molecular weight excluding hydrogens is 420 g/mol. The first-order chi connectivity index (χ1) is 15.6. The number of fused-ring (bicyclic) bond motifs is 2.